The van der Waals surface area contributed by atoms with Crippen molar-refractivity contribution in [2.75, 3.05) is 13.1 Å². The quantitative estimate of drug-likeness (QED) is 0.725. The van der Waals surface area contributed by atoms with E-state index in [0.29, 0.717) is 12.3 Å². The lowest BCUT2D eigenvalue weighted by Gasteiger charge is -2.32. The number of carbonyl (C=O) groups excluding carboxylic acids is 1. The highest BCUT2D eigenvalue weighted by molar-refractivity contribution is 7.12. The van der Waals surface area contributed by atoms with E-state index in [9.17, 15) is 4.79 Å². The fourth-order valence-electron chi connectivity index (χ4n) is 3.55. The Kier molecular flexibility index (Phi) is 4.29. The second-order valence-electron chi connectivity index (χ2n) is 6.79. The zero-order valence-electron chi connectivity index (χ0n) is 14.6. The van der Waals surface area contributed by atoms with Crippen LogP contribution in [0.3, 0.4) is 0 Å². The van der Waals surface area contributed by atoms with Gasteiger partial charge < -0.3 is 4.90 Å². The van der Waals surface area contributed by atoms with Crippen LogP contribution >= 0.6 is 11.3 Å². The lowest BCUT2D eigenvalue weighted by molar-refractivity contribution is -0.131. The number of piperidine rings is 1. The van der Waals surface area contributed by atoms with Gasteiger partial charge in [-0.1, -0.05) is 0 Å². The predicted molar refractivity (Wildman–Crippen MR) is 99.8 cm³/mol. The van der Waals surface area contributed by atoms with Gasteiger partial charge in [-0.25, -0.2) is 4.98 Å². The molecule has 1 atom stereocenters. The topological polar surface area (TPSA) is 51.0 Å². The lowest BCUT2D eigenvalue weighted by atomic mass is 9.94. The van der Waals surface area contributed by atoms with Gasteiger partial charge >= 0.3 is 0 Å². The molecule has 0 N–H and O–H groups in total. The molecule has 25 heavy (non-hydrogen) atoms. The minimum atomic E-state index is 0.230. The lowest BCUT2D eigenvalue weighted by Crippen LogP contribution is -2.40. The van der Waals surface area contributed by atoms with Crippen molar-refractivity contribution >= 4 is 28.3 Å². The third-order valence-corrected chi connectivity index (χ3v) is 5.92. The maximum absolute atomic E-state index is 12.7. The molecule has 0 spiro atoms. The maximum Gasteiger partial charge on any atom is 0.227 e. The van der Waals surface area contributed by atoms with Crippen molar-refractivity contribution in [1.82, 2.24) is 19.7 Å². The Labute approximate surface area is 151 Å². The number of aryl methyl sites for hydroxylation is 2. The Morgan fingerprint density at radius 3 is 3.00 bits per heavy atom. The van der Waals surface area contributed by atoms with Crippen molar-refractivity contribution in [1.29, 1.82) is 0 Å². The van der Waals surface area contributed by atoms with Crippen LogP contribution in [0.1, 0.15) is 34.2 Å². The fourth-order valence-corrected chi connectivity index (χ4v) is 4.43. The van der Waals surface area contributed by atoms with Gasteiger partial charge in [0.2, 0.25) is 5.91 Å². The van der Waals surface area contributed by atoms with E-state index < -0.39 is 0 Å². The number of hydrogen-bond donors (Lipinski definition) is 0. The number of likely N-dealkylation sites (tertiary alicyclic amines) is 1. The first-order valence-corrected chi connectivity index (χ1v) is 9.53. The minimum Gasteiger partial charge on any atom is -0.342 e. The number of carbonyl (C=O) groups is 1. The van der Waals surface area contributed by atoms with E-state index in [0.717, 1.165) is 47.5 Å². The van der Waals surface area contributed by atoms with Crippen molar-refractivity contribution in [3.63, 3.8) is 0 Å². The molecule has 1 fully saturated rings. The molecule has 1 aliphatic heterocycles. The molecular weight excluding hydrogens is 332 g/mol. The summed E-state index contributed by atoms with van der Waals surface area (Å²) >= 11 is 1.71. The van der Waals surface area contributed by atoms with E-state index in [1.807, 2.05) is 22.8 Å². The molecule has 0 aliphatic carbocycles. The molecule has 1 amide bonds. The van der Waals surface area contributed by atoms with Gasteiger partial charge in [-0.15, -0.1) is 11.3 Å². The normalized spacial score (nSPS) is 18.0. The molecule has 3 aromatic rings. The Bertz CT molecular complexity index is 913. The van der Waals surface area contributed by atoms with E-state index in [1.165, 1.54) is 4.88 Å². The Morgan fingerprint density at radius 1 is 1.32 bits per heavy atom. The van der Waals surface area contributed by atoms with Crippen molar-refractivity contribution in [2.45, 2.75) is 32.1 Å². The number of thiophene rings is 1. The zero-order chi connectivity index (χ0) is 17.4. The molecular formula is C19H22N4OS. The predicted octanol–water partition coefficient (Wildman–Crippen LogP) is 3.29. The highest BCUT2D eigenvalue weighted by Crippen LogP contribution is 2.28. The summed E-state index contributed by atoms with van der Waals surface area (Å²) in [5.41, 5.74) is 1.98. The summed E-state index contributed by atoms with van der Waals surface area (Å²) in [5, 5.41) is 5.32. The summed E-state index contributed by atoms with van der Waals surface area (Å²) < 4.78 is 1.81. The van der Waals surface area contributed by atoms with Crippen LogP contribution in [0.15, 0.2) is 30.5 Å². The SMILES string of the molecule is Cc1ccc(CC(=O)N2CCCC(c3ccc4cnn(C)c4n3)C2)s1. The molecule has 130 valence electrons. The molecule has 4 heterocycles. The highest BCUT2D eigenvalue weighted by Gasteiger charge is 2.26. The molecule has 5 nitrogen and oxygen atoms in total. The van der Waals surface area contributed by atoms with Crippen LogP contribution < -0.4 is 0 Å². The number of hydrogen-bond acceptors (Lipinski definition) is 4. The van der Waals surface area contributed by atoms with E-state index in [4.69, 9.17) is 4.98 Å². The minimum absolute atomic E-state index is 0.230. The third-order valence-electron chi connectivity index (χ3n) is 4.92. The Balaban J connectivity index is 1.49. The van der Waals surface area contributed by atoms with Gasteiger partial charge in [-0.2, -0.15) is 5.10 Å². The van der Waals surface area contributed by atoms with Crippen molar-refractivity contribution in [3.05, 3.63) is 45.9 Å². The van der Waals surface area contributed by atoms with Gasteiger partial charge in [-0.05, 0) is 44.0 Å². The number of fused-ring (bicyclic) bond motifs is 1. The first-order chi connectivity index (χ1) is 12.1. The summed E-state index contributed by atoms with van der Waals surface area (Å²) in [6.45, 7) is 3.70. The van der Waals surface area contributed by atoms with Gasteiger partial charge in [0, 0.05) is 46.9 Å². The van der Waals surface area contributed by atoms with Gasteiger partial charge in [0.25, 0.3) is 0 Å². The van der Waals surface area contributed by atoms with Gasteiger partial charge in [0.05, 0.1) is 12.6 Å². The van der Waals surface area contributed by atoms with Crippen LogP contribution in [0, 0.1) is 6.92 Å². The molecule has 1 unspecified atom stereocenters. The fraction of sp³-hybridized carbons (Fsp3) is 0.421. The van der Waals surface area contributed by atoms with Crippen LogP contribution in [0.2, 0.25) is 0 Å². The van der Waals surface area contributed by atoms with E-state index in [2.05, 4.69) is 36.3 Å². The van der Waals surface area contributed by atoms with Gasteiger partial charge in [0.1, 0.15) is 0 Å². The molecule has 0 aromatic carbocycles. The van der Waals surface area contributed by atoms with Gasteiger partial charge in [-0.3, -0.25) is 9.48 Å². The smallest absolute Gasteiger partial charge is 0.227 e. The molecule has 4 rings (SSSR count). The number of pyridine rings is 1. The molecule has 0 radical (unpaired) electrons. The standard InChI is InChI=1S/C19H22N4OS/c1-13-5-7-16(25-13)10-18(24)23-9-3-4-15(12-23)17-8-6-14-11-20-22(2)19(14)21-17/h5-8,11,15H,3-4,9-10,12H2,1-2H3. The Morgan fingerprint density at radius 2 is 2.20 bits per heavy atom. The van der Waals surface area contributed by atoms with Crippen LogP contribution in [0.5, 0.6) is 0 Å². The highest BCUT2D eigenvalue weighted by atomic mass is 32.1. The zero-order valence-corrected chi connectivity index (χ0v) is 15.4. The second-order valence-corrected chi connectivity index (χ2v) is 8.16. The van der Waals surface area contributed by atoms with E-state index in [-0.39, 0.29) is 5.91 Å². The molecule has 1 saturated heterocycles. The average Bonchev–Trinajstić information content (AvgIpc) is 3.20. The summed E-state index contributed by atoms with van der Waals surface area (Å²) in [7, 11) is 1.92. The number of nitrogens with zero attached hydrogens (tertiary/aromatic N) is 4. The summed E-state index contributed by atoms with van der Waals surface area (Å²) in [6.07, 6.45) is 4.47. The van der Waals surface area contributed by atoms with E-state index in [1.54, 1.807) is 11.3 Å². The van der Waals surface area contributed by atoms with Crippen LogP contribution in [-0.2, 0) is 18.3 Å². The molecule has 0 saturated carbocycles. The molecule has 0 bridgehead atoms. The van der Waals surface area contributed by atoms with Crippen molar-refractivity contribution < 1.29 is 4.79 Å². The van der Waals surface area contributed by atoms with E-state index >= 15 is 0 Å². The number of aromatic nitrogens is 3. The summed E-state index contributed by atoms with van der Waals surface area (Å²) in [6, 6.07) is 8.32. The summed E-state index contributed by atoms with van der Waals surface area (Å²) in [4.78, 5) is 21.9. The monoisotopic (exact) mass is 354 g/mol. The first-order valence-electron chi connectivity index (χ1n) is 8.72. The van der Waals surface area contributed by atoms with Crippen LogP contribution in [0.4, 0.5) is 0 Å². The Hall–Kier alpha value is -2.21. The summed E-state index contributed by atoms with van der Waals surface area (Å²) in [5.74, 6) is 0.537. The molecule has 3 aromatic heterocycles. The largest absolute Gasteiger partial charge is 0.342 e. The number of rotatable bonds is 3. The second kappa shape index (κ2) is 6.59. The van der Waals surface area contributed by atoms with Crippen molar-refractivity contribution in [3.8, 4) is 0 Å². The average molecular weight is 354 g/mol. The number of amides is 1. The van der Waals surface area contributed by atoms with Crippen molar-refractivity contribution in [2.24, 2.45) is 7.05 Å². The van der Waals surface area contributed by atoms with Crippen LogP contribution in [0.25, 0.3) is 11.0 Å². The first kappa shape index (κ1) is 16.3. The molecule has 1 aliphatic rings. The maximum atomic E-state index is 12.7. The molecule has 6 heteroatoms. The van der Waals surface area contributed by atoms with Crippen LogP contribution in [-0.4, -0.2) is 38.7 Å². The third kappa shape index (κ3) is 3.31. The van der Waals surface area contributed by atoms with Gasteiger partial charge in [0.15, 0.2) is 5.65 Å².